The van der Waals surface area contributed by atoms with Crippen molar-refractivity contribution in [2.45, 2.75) is 10.9 Å². The van der Waals surface area contributed by atoms with Crippen LogP contribution in [0.3, 0.4) is 0 Å². The van der Waals surface area contributed by atoms with E-state index in [1.54, 1.807) is 41.9 Å². The highest BCUT2D eigenvalue weighted by Crippen LogP contribution is 2.20. The summed E-state index contributed by atoms with van der Waals surface area (Å²) < 4.78 is 32.2. The SMILES string of the molecule is COC(=O)c1ccc(CS(=O)c2nc3cc(F)ccc3n2C)cc1. The first-order valence-electron chi connectivity index (χ1n) is 7.17. The van der Waals surface area contributed by atoms with Crippen molar-refractivity contribution in [1.82, 2.24) is 9.55 Å². The van der Waals surface area contributed by atoms with E-state index in [2.05, 4.69) is 9.72 Å². The molecule has 0 saturated heterocycles. The van der Waals surface area contributed by atoms with Crippen LogP contribution in [-0.2, 0) is 28.3 Å². The number of benzene rings is 2. The number of rotatable bonds is 4. The molecule has 3 aromatic rings. The van der Waals surface area contributed by atoms with E-state index in [-0.39, 0.29) is 11.6 Å². The molecule has 0 radical (unpaired) electrons. The molecule has 0 saturated carbocycles. The highest BCUT2D eigenvalue weighted by molar-refractivity contribution is 7.84. The molecule has 5 nitrogen and oxygen atoms in total. The Morgan fingerprint density at radius 1 is 1.25 bits per heavy atom. The van der Waals surface area contributed by atoms with Gasteiger partial charge in [0.1, 0.15) is 5.82 Å². The van der Waals surface area contributed by atoms with Gasteiger partial charge in [-0.1, -0.05) is 12.1 Å². The van der Waals surface area contributed by atoms with Crippen LogP contribution in [0.5, 0.6) is 0 Å². The Morgan fingerprint density at radius 3 is 2.62 bits per heavy atom. The van der Waals surface area contributed by atoms with E-state index in [0.29, 0.717) is 16.2 Å². The number of carbonyl (C=O) groups excluding carboxylic acids is 1. The number of imidazole rings is 1. The summed E-state index contributed by atoms with van der Waals surface area (Å²) in [6.45, 7) is 0. The zero-order valence-electron chi connectivity index (χ0n) is 13.2. The third kappa shape index (κ3) is 3.07. The van der Waals surface area contributed by atoms with Crippen LogP contribution in [-0.4, -0.2) is 26.8 Å². The van der Waals surface area contributed by atoms with Crippen LogP contribution < -0.4 is 0 Å². The molecule has 7 heteroatoms. The molecule has 1 atom stereocenters. The van der Waals surface area contributed by atoms with Crippen molar-refractivity contribution in [1.29, 1.82) is 0 Å². The molecule has 2 aromatic carbocycles. The summed E-state index contributed by atoms with van der Waals surface area (Å²) in [6, 6.07) is 11.0. The number of fused-ring (bicyclic) bond motifs is 1. The number of halogens is 1. The maximum absolute atomic E-state index is 13.3. The first kappa shape index (κ1) is 16.3. The molecule has 124 valence electrons. The van der Waals surface area contributed by atoms with Gasteiger partial charge in [-0.05, 0) is 29.8 Å². The first-order valence-corrected chi connectivity index (χ1v) is 8.49. The number of methoxy groups -OCH3 is 1. The third-order valence-electron chi connectivity index (χ3n) is 3.68. The topological polar surface area (TPSA) is 61.2 Å². The fraction of sp³-hybridized carbons (Fsp3) is 0.176. The van der Waals surface area contributed by atoms with Crippen LogP contribution in [0.15, 0.2) is 47.6 Å². The summed E-state index contributed by atoms with van der Waals surface area (Å²) in [7, 11) is 1.68. The van der Waals surface area contributed by atoms with Crippen molar-refractivity contribution < 1.29 is 18.1 Å². The standard InChI is InChI=1S/C17H15FN2O3S/c1-20-15-8-7-13(18)9-14(15)19-17(20)24(22)10-11-3-5-12(6-4-11)16(21)23-2/h3-9H,10H2,1-2H3. The quantitative estimate of drug-likeness (QED) is 0.682. The van der Waals surface area contributed by atoms with Crippen LogP contribution in [0.1, 0.15) is 15.9 Å². The van der Waals surface area contributed by atoms with E-state index in [0.717, 1.165) is 11.1 Å². The maximum atomic E-state index is 13.3. The van der Waals surface area contributed by atoms with E-state index < -0.39 is 16.8 Å². The molecular weight excluding hydrogens is 331 g/mol. The lowest BCUT2D eigenvalue weighted by molar-refractivity contribution is 0.0600. The van der Waals surface area contributed by atoms with Crippen molar-refractivity contribution >= 4 is 27.8 Å². The van der Waals surface area contributed by atoms with E-state index >= 15 is 0 Å². The lowest BCUT2D eigenvalue weighted by Crippen LogP contribution is -2.05. The van der Waals surface area contributed by atoms with Gasteiger partial charge in [0.15, 0.2) is 5.16 Å². The summed E-state index contributed by atoms with van der Waals surface area (Å²) in [6.07, 6.45) is 0. The highest BCUT2D eigenvalue weighted by atomic mass is 32.2. The fourth-order valence-corrected chi connectivity index (χ4v) is 3.65. The van der Waals surface area contributed by atoms with Gasteiger partial charge in [-0.3, -0.25) is 4.21 Å². The molecule has 24 heavy (non-hydrogen) atoms. The fourth-order valence-electron chi connectivity index (χ4n) is 2.43. The number of nitrogens with zero attached hydrogens (tertiary/aromatic N) is 2. The summed E-state index contributed by atoms with van der Waals surface area (Å²) >= 11 is 0. The highest BCUT2D eigenvalue weighted by Gasteiger charge is 2.15. The van der Waals surface area contributed by atoms with E-state index in [4.69, 9.17) is 0 Å². The first-order chi connectivity index (χ1) is 11.5. The van der Waals surface area contributed by atoms with Crippen molar-refractivity contribution in [2.24, 2.45) is 7.05 Å². The average Bonchev–Trinajstić information content (AvgIpc) is 2.91. The molecule has 0 bridgehead atoms. The number of esters is 1. The smallest absolute Gasteiger partial charge is 0.337 e. The van der Waals surface area contributed by atoms with Gasteiger partial charge in [-0.2, -0.15) is 0 Å². The third-order valence-corrected chi connectivity index (χ3v) is 5.05. The largest absolute Gasteiger partial charge is 0.465 e. The number of hydrogen-bond donors (Lipinski definition) is 0. The summed E-state index contributed by atoms with van der Waals surface area (Å²) in [5, 5.41) is 0.382. The molecule has 1 unspecified atom stereocenters. The predicted molar refractivity (Wildman–Crippen MR) is 88.6 cm³/mol. The van der Waals surface area contributed by atoms with Gasteiger partial charge in [0.2, 0.25) is 0 Å². The van der Waals surface area contributed by atoms with Gasteiger partial charge >= 0.3 is 5.97 Å². The lowest BCUT2D eigenvalue weighted by atomic mass is 10.1. The number of aryl methyl sites for hydroxylation is 1. The van der Waals surface area contributed by atoms with Crippen molar-refractivity contribution in [3.05, 3.63) is 59.4 Å². The molecule has 3 rings (SSSR count). The maximum Gasteiger partial charge on any atom is 0.337 e. The molecule has 0 amide bonds. The summed E-state index contributed by atoms with van der Waals surface area (Å²) in [4.78, 5) is 15.7. The number of hydrogen-bond acceptors (Lipinski definition) is 4. The number of aromatic nitrogens is 2. The monoisotopic (exact) mass is 346 g/mol. The van der Waals surface area contributed by atoms with Crippen LogP contribution in [0.25, 0.3) is 11.0 Å². The normalized spacial score (nSPS) is 12.3. The van der Waals surface area contributed by atoms with Gasteiger partial charge in [0.05, 0.1) is 40.3 Å². The van der Waals surface area contributed by atoms with Gasteiger partial charge in [0.25, 0.3) is 0 Å². The van der Waals surface area contributed by atoms with E-state index in [1.165, 1.54) is 19.2 Å². The molecule has 0 aliphatic carbocycles. The summed E-state index contributed by atoms with van der Waals surface area (Å²) in [5.74, 6) is -0.544. The van der Waals surface area contributed by atoms with Crippen molar-refractivity contribution in [3.63, 3.8) is 0 Å². The minimum absolute atomic E-state index is 0.251. The van der Waals surface area contributed by atoms with E-state index in [1.807, 2.05) is 0 Å². The Balaban J connectivity index is 1.85. The molecule has 0 spiro atoms. The number of carbonyl (C=O) groups is 1. The van der Waals surface area contributed by atoms with Crippen LogP contribution >= 0.6 is 0 Å². The van der Waals surface area contributed by atoms with Gasteiger partial charge in [-0.15, -0.1) is 0 Å². The Kier molecular flexibility index (Phi) is 4.44. The second-order valence-corrected chi connectivity index (χ2v) is 6.61. The molecular formula is C17H15FN2O3S. The molecule has 1 aromatic heterocycles. The van der Waals surface area contributed by atoms with Crippen LogP contribution in [0, 0.1) is 5.82 Å². The zero-order valence-corrected chi connectivity index (χ0v) is 14.0. The van der Waals surface area contributed by atoms with Gasteiger partial charge in [0, 0.05) is 13.1 Å². The predicted octanol–water partition coefficient (Wildman–Crippen LogP) is 2.81. The van der Waals surface area contributed by atoms with Crippen molar-refractivity contribution in [2.75, 3.05) is 7.11 Å². The zero-order chi connectivity index (χ0) is 17.3. The minimum Gasteiger partial charge on any atom is -0.465 e. The average molecular weight is 346 g/mol. The van der Waals surface area contributed by atoms with Gasteiger partial charge < -0.3 is 9.30 Å². The lowest BCUT2D eigenvalue weighted by Gasteiger charge is -2.04. The second kappa shape index (κ2) is 6.52. The Bertz CT molecular complexity index is 935. The number of ether oxygens (including phenoxy) is 1. The van der Waals surface area contributed by atoms with Crippen LogP contribution in [0.4, 0.5) is 4.39 Å². The Hall–Kier alpha value is -2.54. The molecule has 0 aliphatic rings. The van der Waals surface area contributed by atoms with Gasteiger partial charge in [-0.25, -0.2) is 14.2 Å². The van der Waals surface area contributed by atoms with Crippen molar-refractivity contribution in [3.8, 4) is 0 Å². The van der Waals surface area contributed by atoms with Crippen LogP contribution in [0.2, 0.25) is 0 Å². The molecule has 0 fully saturated rings. The Morgan fingerprint density at radius 2 is 1.96 bits per heavy atom. The molecule has 0 aliphatic heterocycles. The molecule has 1 heterocycles. The second-order valence-electron chi connectivity index (χ2n) is 5.26. The summed E-state index contributed by atoms with van der Waals surface area (Å²) in [5.41, 5.74) is 2.44. The Labute approximate surface area is 140 Å². The molecule has 0 N–H and O–H groups in total. The minimum atomic E-state index is -1.39. The van der Waals surface area contributed by atoms with E-state index in [9.17, 15) is 13.4 Å².